The molecule has 0 saturated heterocycles. The quantitative estimate of drug-likeness (QED) is 0.459. The van der Waals surface area contributed by atoms with Gasteiger partial charge in [-0.3, -0.25) is 0 Å². The minimum atomic E-state index is -5.23. The molecule has 0 spiro atoms. The Morgan fingerprint density at radius 3 is 1.94 bits per heavy atom. The fourth-order valence-corrected chi connectivity index (χ4v) is 1.39. The standard InChI is InChI=1S/C10H7BrF5NO/c1-18-7-4-2-6(3-5-7)17-8(9(11,12)13)10(14,15)16/h2-5H,1H3. The van der Waals surface area contributed by atoms with E-state index in [1.807, 2.05) is 0 Å². The number of rotatable bonds is 3. The second kappa shape index (κ2) is 5.21. The maximum Gasteiger partial charge on any atom is 0.436 e. The summed E-state index contributed by atoms with van der Waals surface area (Å²) in [7, 11) is 1.37. The molecular weight excluding hydrogens is 325 g/mol. The van der Waals surface area contributed by atoms with Crippen LogP contribution in [0.4, 0.5) is 27.6 Å². The van der Waals surface area contributed by atoms with Gasteiger partial charge in [-0.1, -0.05) is 0 Å². The Balaban J connectivity index is 3.16. The van der Waals surface area contributed by atoms with E-state index in [0.717, 1.165) is 12.1 Å². The summed E-state index contributed by atoms with van der Waals surface area (Å²) in [5.74, 6) is 0.383. The van der Waals surface area contributed by atoms with Crippen molar-refractivity contribution >= 4 is 27.3 Å². The van der Waals surface area contributed by atoms with E-state index >= 15 is 0 Å². The van der Waals surface area contributed by atoms with Crippen molar-refractivity contribution < 1.29 is 26.7 Å². The third kappa shape index (κ3) is 3.94. The predicted octanol–water partition coefficient (Wildman–Crippen LogP) is 4.32. The smallest absolute Gasteiger partial charge is 0.436 e. The van der Waals surface area contributed by atoms with Gasteiger partial charge in [-0.25, -0.2) is 4.99 Å². The molecule has 0 atom stereocenters. The van der Waals surface area contributed by atoms with Crippen molar-refractivity contribution in [3.63, 3.8) is 0 Å². The fraction of sp³-hybridized carbons (Fsp3) is 0.300. The molecule has 0 aliphatic rings. The highest BCUT2D eigenvalue weighted by molar-refractivity contribution is 9.10. The molecule has 0 aliphatic heterocycles. The molecule has 0 aromatic heterocycles. The third-order valence-electron chi connectivity index (χ3n) is 1.85. The van der Waals surface area contributed by atoms with Crippen LogP contribution in [0.3, 0.4) is 0 Å². The van der Waals surface area contributed by atoms with Crippen molar-refractivity contribution in [1.82, 2.24) is 0 Å². The van der Waals surface area contributed by atoms with Crippen molar-refractivity contribution in [2.45, 2.75) is 11.0 Å². The molecule has 100 valence electrons. The van der Waals surface area contributed by atoms with Crippen LogP contribution in [0.2, 0.25) is 0 Å². The molecule has 0 heterocycles. The Labute approximate surface area is 108 Å². The number of hydrogen-bond acceptors (Lipinski definition) is 2. The Hall–Kier alpha value is -1.18. The fourth-order valence-electron chi connectivity index (χ4n) is 1.07. The van der Waals surface area contributed by atoms with Gasteiger partial charge in [0.05, 0.1) is 12.8 Å². The van der Waals surface area contributed by atoms with Crippen LogP contribution in [0.15, 0.2) is 29.3 Å². The second-order valence-corrected chi connectivity index (χ2v) is 4.15. The molecule has 0 fully saturated rings. The summed E-state index contributed by atoms with van der Waals surface area (Å²) in [6.07, 6.45) is -5.23. The first kappa shape index (κ1) is 14.9. The van der Waals surface area contributed by atoms with Gasteiger partial charge in [-0.05, 0) is 40.2 Å². The number of alkyl halides is 6. The summed E-state index contributed by atoms with van der Waals surface area (Å²) >= 11 is 1.66. The monoisotopic (exact) mass is 331 g/mol. The lowest BCUT2D eigenvalue weighted by molar-refractivity contribution is -0.0698. The molecule has 0 N–H and O–H groups in total. The van der Waals surface area contributed by atoms with E-state index in [0.29, 0.717) is 5.75 Å². The summed E-state index contributed by atoms with van der Waals surface area (Å²) in [5, 5.41) is 0. The zero-order valence-electron chi connectivity index (χ0n) is 8.93. The maximum atomic E-state index is 12.8. The van der Waals surface area contributed by atoms with Crippen molar-refractivity contribution in [1.29, 1.82) is 0 Å². The first-order chi connectivity index (χ1) is 8.14. The van der Waals surface area contributed by atoms with E-state index in [2.05, 4.69) is 4.99 Å². The number of aliphatic imine (C=N–C) groups is 1. The van der Waals surface area contributed by atoms with Crippen LogP contribution < -0.4 is 4.74 Å². The Kier molecular flexibility index (Phi) is 4.31. The first-order valence-electron chi connectivity index (χ1n) is 4.51. The zero-order valence-corrected chi connectivity index (χ0v) is 10.5. The van der Waals surface area contributed by atoms with E-state index < -0.39 is 16.7 Å². The van der Waals surface area contributed by atoms with E-state index in [4.69, 9.17) is 4.74 Å². The first-order valence-corrected chi connectivity index (χ1v) is 5.31. The molecule has 1 rings (SSSR count). The third-order valence-corrected chi connectivity index (χ3v) is 2.23. The zero-order chi connectivity index (χ0) is 14.0. The summed E-state index contributed by atoms with van der Waals surface area (Å²) in [6.45, 7) is 0. The summed E-state index contributed by atoms with van der Waals surface area (Å²) in [6, 6.07) is 4.92. The van der Waals surface area contributed by atoms with Crippen LogP contribution in [0.1, 0.15) is 0 Å². The van der Waals surface area contributed by atoms with Gasteiger partial charge in [0.25, 0.3) is 0 Å². The molecule has 8 heteroatoms. The van der Waals surface area contributed by atoms with Gasteiger partial charge >= 0.3 is 11.0 Å². The number of hydrogen-bond donors (Lipinski definition) is 0. The summed E-state index contributed by atoms with van der Waals surface area (Å²) < 4.78 is 67.4. The number of benzene rings is 1. The van der Waals surface area contributed by atoms with Gasteiger partial charge in [-0.2, -0.15) is 22.0 Å². The molecule has 1 aromatic rings. The Bertz CT molecular complexity index is 419. The number of halogens is 6. The molecule has 2 nitrogen and oxygen atoms in total. The second-order valence-electron chi connectivity index (χ2n) is 3.15. The van der Waals surface area contributed by atoms with Gasteiger partial charge in [0.2, 0.25) is 5.71 Å². The van der Waals surface area contributed by atoms with Gasteiger partial charge in [-0.15, -0.1) is 0 Å². The Morgan fingerprint density at radius 1 is 1.11 bits per heavy atom. The average molecular weight is 332 g/mol. The van der Waals surface area contributed by atoms with E-state index in [1.54, 1.807) is 15.9 Å². The lowest BCUT2D eigenvalue weighted by Gasteiger charge is -2.15. The molecule has 0 unspecified atom stereocenters. The van der Waals surface area contributed by atoms with Gasteiger partial charge < -0.3 is 4.74 Å². The van der Waals surface area contributed by atoms with Gasteiger partial charge in [0.15, 0.2) is 0 Å². The average Bonchev–Trinajstić information content (AvgIpc) is 2.23. The van der Waals surface area contributed by atoms with Crippen molar-refractivity contribution in [2.75, 3.05) is 7.11 Å². The normalized spacial score (nSPS) is 13.6. The van der Waals surface area contributed by atoms with E-state index in [-0.39, 0.29) is 5.69 Å². The molecular formula is C10H7BrF5NO. The SMILES string of the molecule is COc1ccc(N=C(C(F)(F)F)C(F)(F)Br)cc1. The predicted molar refractivity (Wildman–Crippen MR) is 60.0 cm³/mol. The van der Waals surface area contributed by atoms with Crippen molar-refractivity contribution in [3.05, 3.63) is 24.3 Å². The number of methoxy groups -OCH3 is 1. The van der Waals surface area contributed by atoms with Crippen LogP contribution in [-0.4, -0.2) is 23.8 Å². The molecule has 18 heavy (non-hydrogen) atoms. The maximum absolute atomic E-state index is 12.8. The topological polar surface area (TPSA) is 21.6 Å². The molecule has 0 amide bonds. The van der Waals surface area contributed by atoms with Crippen LogP contribution in [0, 0.1) is 0 Å². The molecule has 0 bridgehead atoms. The molecule has 0 radical (unpaired) electrons. The molecule has 1 aromatic carbocycles. The summed E-state index contributed by atoms with van der Waals surface area (Å²) in [5.41, 5.74) is -2.46. The number of nitrogens with zero attached hydrogens (tertiary/aromatic N) is 1. The molecule has 0 saturated carbocycles. The minimum Gasteiger partial charge on any atom is -0.497 e. The largest absolute Gasteiger partial charge is 0.497 e. The van der Waals surface area contributed by atoms with Crippen LogP contribution in [0.25, 0.3) is 0 Å². The molecule has 0 aliphatic carbocycles. The van der Waals surface area contributed by atoms with E-state index in [1.165, 1.54) is 19.2 Å². The van der Waals surface area contributed by atoms with E-state index in [9.17, 15) is 22.0 Å². The van der Waals surface area contributed by atoms with Crippen LogP contribution in [0.5, 0.6) is 5.75 Å². The highest BCUT2D eigenvalue weighted by Crippen LogP contribution is 2.35. The van der Waals surface area contributed by atoms with Gasteiger partial charge in [0.1, 0.15) is 5.75 Å². The number of ether oxygens (including phenoxy) is 1. The Morgan fingerprint density at radius 2 is 1.61 bits per heavy atom. The van der Waals surface area contributed by atoms with Crippen molar-refractivity contribution in [2.24, 2.45) is 4.99 Å². The van der Waals surface area contributed by atoms with Gasteiger partial charge in [0, 0.05) is 0 Å². The van der Waals surface area contributed by atoms with Crippen molar-refractivity contribution in [3.8, 4) is 5.75 Å². The lowest BCUT2D eigenvalue weighted by atomic mass is 10.3. The lowest BCUT2D eigenvalue weighted by Crippen LogP contribution is -2.35. The van der Waals surface area contributed by atoms with Crippen LogP contribution >= 0.6 is 15.9 Å². The summed E-state index contributed by atoms with van der Waals surface area (Å²) in [4.78, 5) is -1.33. The van der Waals surface area contributed by atoms with Crippen LogP contribution in [-0.2, 0) is 0 Å². The highest BCUT2D eigenvalue weighted by atomic mass is 79.9. The highest BCUT2D eigenvalue weighted by Gasteiger charge is 2.50. The minimum absolute atomic E-state index is 0.248.